The maximum atomic E-state index is 12.8. The van der Waals surface area contributed by atoms with Crippen LogP contribution in [0.1, 0.15) is 42.7 Å². The standard InChI is InChI=1S/C23H26N2O2/c1-16(2)14-25-20-9-6-10-22(27-15-17-7-4-3-5-8-17)19(20)13-21(25)23(26)24-18-11-12-18/h3-10,13,16,18H,11-12,14-15H2,1-2H3,(H,24,26). The van der Waals surface area contributed by atoms with Crippen molar-refractivity contribution in [2.75, 3.05) is 0 Å². The van der Waals surface area contributed by atoms with Crippen LogP contribution < -0.4 is 10.1 Å². The third-order valence-corrected chi connectivity index (χ3v) is 4.84. The number of hydrogen-bond acceptors (Lipinski definition) is 2. The highest BCUT2D eigenvalue weighted by molar-refractivity contribution is 6.00. The second-order valence-corrected chi connectivity index (χ2v) is 7.74. The van der Waals surface area contributed by atoms with Gasteiger partial charge >= 0.3 is 0 Å². The van der Waals surface area contributed by atoms with E-state index in [2.05, 4.69) is 41.9 Å². The Labute approximate surface area is 160 Å². The van der Waals surface area contributed by atoms with Crippen molar-refractivity contribution in [2.45, 2.75) is 45.9 Å². The van der Waals surface area contributed by atoms with E-state index in [0.29, 0.717) is 18.6 Å². The van der Waals surface area contributed by atoms with Crippen LogP contribution in [-0.2, 0) is 13.2 Å². The number of aromatic nitrogens is 1. The molecule has 0 saturated heterocycles. The lowest BCUT2D eigenvalue weighted by molar-refractivity contribution is 0.0941. The Morgan fingerprint density at radius 3 is 2.63 bits per heavy atom. The van der Waals surface area contributed by atoms with Crippen LogP contribution in [-0.4, -0.2) is 16.5 Å². The van der Waals surface area contributed by atoms with Crippen LogP contribution in [0, 0.1) is 5.92 Å². The van der Waals surface area contributed by atoms with Crippen LogP contribution in [0.2, 0.25) is 0 Å². The topological polar surface area (TPSA) is 43.3 Å². The van der Waals surface area contributed by atoms with E-state index in [9.17, 15) is 4.79 Å². The highest BCUT2D eigenvalue weighted by Gasteiger charge is 2.26. The van der Waals surface area contributed by atoms with Gasteiger partial charge in [-0.3, -0.25) is 4.79 Å². The van der Waals surface area contributed by atoms with Gasteiger partial charge in [0.25, 0.3) is 5.91 Å². The predicted octanol–water partition coefficient (Wildman–Crippen LogP) is 4.77. The van der Waals surface area contributed by atoms with E-state index in [0.717, 1.165) is 47.3 Å². The Morgan fingerprint density at radius 2 is 1.93 bits per heavy atom. The molecule has 4 nitrogen and oxygen atoms in total. The Balaban J connectivity index is 1.68. The second-order valence-electron chi connectivity index (χ2n) is 7.74. The first-order valence-corrected chi connectivity index (χ1v) is 9.71. The van der Waals surface area contributed by atoms with Gasteiger partial charge in [0.05, 0.1) is 5.52 Å². The fourth-order valence-corrected chi connectivity index (χ4v) is 3.36. The molecule has 0 atom stereocenters. The predicted molar refractivity (Wildman–Crippen MR) is 108 cm³/mol. The third kappa shape index (κ3) is 4.00. The lowest BCUT2D eigenvalue weighted by atomic mass is 10.2. The molecule has 140 valence electrons. The highest BCUT2D eigenvalue weighted by atomic mass is 16.5. The van der Waals surface area contributed by atoms with Crippen molar-refractivity contribution in [3.05, 3.63) is 65.9 Å². The van der Waals surface area contributed by atoms with E-state index >= 15 is 0 Å². The van der Waals surface area contributed by atoms with E-state index in [1.54, 1.807) is 0 Å². The van der Waals surface area contributed by atoms with Crippen LogP contribution in [0.3, 0.4) is 0 Å². The summed E-state index contributed by atoms with van der Waals surface area (Å²) in [6, 6.07) is 18.5. The summed E-state index contributed by atoms with van der Waals surface area (Å²) in [5.41, 5.74) is 2.90. The number of benzene rings is 2. The summed E-state index contributed by atoms with van der Waals surface area (Å²) in [5.74, 6) is 1.28. The molecule has 27 heavy (non-hydrogen) atoms. The molecule has 4 heteroatoms. The lowest BCUT2D eigenvalue weighted by Gasteiger charge is -2.13. The quantitative estimate of drug-likeness (QED) is 0.658. The van der Waals surface area contributed by atoms with Gasteiger partial charge in [-0.1, -0.05) is 50.2 Å². The Hall–Kier alpha value is -2.75. The molecule has 1 aliphatic carbocycles. The SMILES string of the molecule is CC(C)Cn1c(C(=O)NC2CC2)cc2c(OCc3ccccc3)cccc21. The number of carbonyl (C=O) groups excluding carboxylic acids is 1. The first kappa shape index (κ1) is 17.7. The van der Waals surface area contributed by atoms with Crippen molar-refractivity contribution >= 4 is 16.8 Å². The van der Waals surface area contributed by atoms with E-state index in [4.69, 9.17) is 4.74 Å². The van der Waals surface area contributed by atoms with Gasteiger partial charge < -0.3 is 14.6 Å². The summed E-state index contributed by atoms with van der Waals surface area (Å²) >= 11 is 0. The normalized spacial score (nSPS) is 13.9. The minimum atomic E-state index is 0.0170. The number of fused-ring (bicyclic) bond motifs is 1. The van der Waals surface area contributed by atoms with Crippen LogP contribution in [0.25, 0.3) is 10.9 Å². The molecular weight excluding hydrogens is 336 g/mol. The molecule has 1 saturated carbocycles. The molecule has 3 aromatic rings. The van der Waals surface area contributed by atoms with Gasteiger partial charge in [0.2, 0.25) is 0 Å². The van der Waals surface area contributed by atoms with Crippen molar-refractivity contribution in [3.63, 3.8) is 0 Å². The number of ether oxygens (including phenoxy) is 1. The molecule has 0 radical (unpaired) electrons. The second kappa shape index (κ2) is 7.47. The maximum absolute atomic E-state index is 12.8. The molecule has 0 aliphatic heterocycles. The molecule has 1 heterocycles. The Morgan fingerprint density at radius 1 is 1.15 bits per heavy atom. The molecule has 0 unspecified atom stereocenters. The van der Waals surface area contributed by atoms with Gasteiger partial charge in [-0.05, 0) is 42.5 Å². The van der Waals surface area contributed by atoms with Crippen LogP contribution in [0.15, 0.2) is 54.6 Å². The first-order valence-electron chi connectivity index (χ1n) is 9.71. The van der Waals surface area contributed by atoms with Gasteiger partial charge in [-0.2, -0.15) is 0 Å². The summed E-state index contributed by atoms with van der Waals surface area (Å²) in [5, 5.41) is 4.12. The number of nitrogens with zero attached hydrogens (tertiary/aromatic N) is 1. The average Bonchev–Trinajstić information content (AvgIpc) is 3.40. The zero-order valence-electron chi connectivity index (χ0n) is 15.9. The zero-order chi connectivity index (χ0) is 18.8. The van der Waals surface area contributed by atoms with Gasteiger partial charge in [0.15, 0.2) is 0 Å². The number of carbonyl (C=O) groups is 1. The summed E-state index contributed by atoms with van der Waals surface area (Å²) in [7, 11) is 0. The molecule has 1 aromatic heterocycles. The molecular formula is C23H26N2O2. The van der Waals surface area contributed by atoms with Crippen molar-refractivity contribution in [2.24, 2.45) is 5.92 Å². The van der Waals surface area contributed by atoms with Crippen molar-refractivity contribution in [1.29, 1.82) is 0 Å². The minimum absolute atomic E-state index is 0.0170. The number of amides is 1. The summed E-state index contributed by atoms with van der Waals surface area (Å²) in [6.07, 6.45) is 2.17. The van der Waals surface area contributed by atoms with Gasteiger partial charge in [0, 0.05) is 18.0 Å². The maximum Gasteiger partial charge on any atom is 0.268 e. The third-order valence-electron chi connectivity index (χ3n) is 4.84. The number of hydrogen-bond donors (Lipinski definition) is 1. The van der Waals surface area contributed by atoms with E-state index in [-0.39, 0.29) is 5.91 Å². The summed E-state index contributed by atoms with van der Waals surface area (Å²) in [6.45, 7) is 5.66. The molecule has 1 fully saturated rings. The van der Waals surface area contributed by atoms with Gasteiger partial charge in [-0.15, -0.1) is 0 Å². The lowest BCUT2D eigenvalue weighted by Crippen LogP contribution is -2.28. The smallest absolute Gasteiger partial charge is 0.268 e. The summed E-state index contributed by atoms with van der Waals surface area (Å²) < 4.78 is 8.24. The van der Waals surface area contributed by atoms with Crippen LogP contribution in [0.5, 0.6) is 5.75 Å². The van der Waals surface area contributed by atoms with Crippen molar-refractivity contribution in [1.82, 2.24) is 9.88 Å². The summed E-state index contributed by atoms with van der Waals surface area (Å²) in [4.78, 5) is 12.8. The molecule has 1 amide bonds. The Bertz CT molecular complexity index is 940. The molecule has 1 aliphatic rings. The molecule has 4 rings (SSSR count). The number of nitrogens with one attached hydrogen (secondary N) is 1. The van der Waals surface area contributed by atoms with Crippen molar-refractivity contribution < 1.29 is 9.53 Å². The first-order chi connectivity index (χ1) is 13.1. The molecule has 0 bridgehead atoms. The monoisotopic (exact) mass is 362 g/mol. The largest absolute Gasteiger partial charge is 0.488 e. The van der Waals surface area contributed by atoms with E-state index in [1.165, 1.54) is 0 Å². The van der Waals surface area contributed by atoms with E-state index < -0.39 is 0 Å². The van der Waals surface area contributed by atoms with Crippen LogP contribution >= 0.6 is 0 Å². The average molecular weight is 362 g/mol. The number of rotatable bonds is 7. The van der Waals surface area contributed by atoms with Crippen LogP contribution in [0.4, 0.5) is 0 Å². The fourth-order valence-electron chi connectivity index (χ4n) is 3.36. The molecule has 2 aromatic carbocycles. The molecule has 0 spiro atoms. The fraction of sp³-hybridized carbons (Fsp3) is 0.348. The van der Waals surface area contributed by atoms with Crippen molar-refractivity contribution in [3.8, 4) is 5.75 Å². The van der Waals surface area contributed by atoms with E-state index in [1.807, 2.05) is 36.4 Å². The highest BCUT2D eigenvalue weighted by Crippen LogP contribution is 2.31. The van der Waals surface area contributed by atoms with Gasteiger partial charge in [-0.25, -0.2) is 0 Å². The zero-order valence-corrected chi connectivity index (χ0v) is 15.9. The molecule has 1 N–H and O–H groups in total. The van der Waals surface area contributed by atoms with Gasteiger partial charge in [0.1, 0.15) is 18.1 Å². The minimum Gasteiger partial charge on any atom is -0.488 e. The Kier molecular flexibility index (Phi) is 4.88.